The zero-order chi connectivity index (χ0) is 24.4. The molecule has 0 bridgehead atoms. The van der Waals surface area contributed by atoms with Gasteiger partial charge >= 0.3 is 0 Å². The second kappa shape index (κ2) is 9.25. The standard InChI is InChI=1S/C13H8ClNO3S.C13H10N2O/c14-19(16,17)10-6-7-11-12(8-10)18-13(15-11)9-4-2-1-3-5-9;14-10-6-7-11-12(8-10)16-13(15-11)9-4-2-1-3-5-9/h1-8H;1-8H,14H2. The van der Waals surface area contributed by atoms with Crippen LogP contribution in [0.2, 0.25) is 0 Å². The molecule has 9 heteroatoms. The third-order valence-electron chi connectivity index (χ3n) is 5.10. The summed E-state index contributed by atoms with van der Waals surface area (Å²) < 4.78 is 33.7. The third kappa shape index (κ3) is 5.03. The summed E-state index contributed by atoms with van der Waals surface area (Å²) in [6.45, 7) is 0. The molecule has 2 aromatic heterocycles. The number of benzene rings is 4. The molecule has 0 radical (unpaired) electrons. The Balaban J connectivity index is 0.000000147. The van der Waals surface area contributed by atoms with Crippen LogP contribution in [-0.2, 0) is 9.05 Å². The van der Waals surface area contributed by atoms with E-state index in [1.807, 2.05) is 72.8 Å². The van der Waals surface area contributed by atoms with Crippen LogP contribution in [0.4, 0.5) is 5.69 Å². The number of rotatable bonds is 3. The van der Waals surface area contributed by atoms with E-state index in [2.05, 4.69) is 9.97 Å². The van der Waals surface area contributed by atoms with Crippen molar-refractivity contribution in [2.45, 2.75) is 4.90 Å². The highest BCUT2D eigenvalue weighted by Gasteiger charge is 2.14. The van der Waals surface area contributed by atoms with Gasteiger partial charge in [0, 0.05) is 39.6 Å². The highest BCUT2D eigenvalue weighted by atomic mass is 35.7. The van der Waals surface area contributed by atoms with E-state index >= 15 is 0 Å². The maximum Gasteiger partial charge on any atom is 0.261 e. The number of aromatic nitrogens is 2. The predicted octanol–water partition coefficient (Wildman–Crippen LogP) is 6.50. The van der Waals surface area contributed by atoms with Crippen LogP contribution in [0.5, 0.6) is 0 Å². The van der Waals surface area contributed by atoms with Crippen LogP contribution in [0, 0.1) is 0 Å². The molecule has 2 heterocycles. The van der Waals surface area contributed by atoms with E-state index in [-0.39, 0.29) is 4.90 Å². The van der Waals surface area contributed by atoms with E-state index in [0.717, 1.165) is 22.2 Å². The molecule has 174 valence electrons. The molecule has 0 saturated carbocycles. The van der Waals surface area contributed by atoms with E-state index in [1.54, 1.807) is 12.1 Å². The Labute approximate surface area is 205 Å². The number of fused-ring (bicyclic) bond motifs is 2. The second-order valence-corrected chi connectivity index (χ2v) is 10.1. The third-order valence-corrected chi connectivity index (χ3v) is 6.45. The van der Waals surface area contributed by atoms with Crippen LogP contribution in [0.25, 0.3) is 45.1 Å². The molecular weight excluding hydrogens is 486 g/mol. The van der Waals surface area contributed by atoms with Crippen LogP contribution < -0.4 is 5.73 Å². The molecule has 6 rings (SSSR count). The minimum atomic E-state index is -3.77. The first-order valence-electron chi connectivity index (χ1n) is 10.5. The van der Waals surface area contributed by atoms with Crippen molar-refractivity contribution in [1.82, 2.24) is 9.97 Å². The van der Waals surface area contributed by atoms with Gasteiger partial charge in [0.25, 0.3) is 9.05 Å². The molecule has 0 atom stereocenters. The Morgan fingerprint density at radius 1 is 0.657 bits per heavy atom. The number of halogens is 1. The van der Waals surface area contributed by atoms with Crippen molar-refractivity contribution in [1.29, 1.82) is 0 Å². The van der Waals surface area contributed by atoms with E-state index in [4.69, 9.17) is 25.3 Å². The number of nitrogens with zero attached hydrogens (tertiary/aromatic N) is 2. The summed E-state index contributed by atoms with van der Waals surface area (Å²) in [6.07, 6.45) is 0. The van der Waals surface area contributed by atoms with Gasteiger partial charge in [0.2, 0.25) is 11.8 Å². The van der Waals surface area contributed by atoms with Gasteiger partial charge in [0.15, 0.2) is 11.2 Å². The molecule has 0 aliphatic carbocycles. The quantitative estimate of drug-likeness (QED) is 0.216. The van der Waals surface area contributed by atoms with Crippen molar-refractivity contribution in [2.24, 2.45) is 0 Å². The molecule has 0 aliphatic rings. The van der Waals surface area contributed by atoms with Crippen molar-refractivity contribution < 1.29 is 17.3 Å². The SMILES string of the molecule is Nc1ccc2nc(-c3ccccc3)oc2c1.O=S(=O)(Cl)c1ccc2nc(-c3ccccc3)oc2c1. The zero-order valence-electron chi connectivity index (χ0n) is 18.1. The molecule has 35 heavy (non-hydrogen) atoms. The lowest BCUT2D eigenvalue weighted by molar-refractivity contribution is 0.606. The molecule has 0 fully saturated rings. The van der Waals surface area contributed by atoms with Gasteiger partial charge in [-0.2, -0.15) is 0 Å². The van der Waals surface area contributed by atoms with E-state index in [9.17, 15) is 8.42 Å². The van der Waals surface area contributed by atoms with Gasteiger partial charge in [-0.1, -0.05) is 36.4 Å². The van der Waals surface area contributed by atoms with Crippen LogP contribution >= 0.6 is 10.7 Å². The molecule has 0 saturated heterocycles. The van der Waals surface area contributed by atoms with Gasteiger partial charge in [-0.25, -0.2) is 18.4 Å². The highest BCUT2D eigenvalue weighted by Crippen LogP contribution is 2.27. The molecular formula is C26H18ClN3O4S. The molecule has 2 N–H and O–H groups in total. The number of hydrogen-bond acceptors (Lipinski definition) is 7. The summed E-state index contributed by atoms with van der Waals surface area (Å²) in [4.78, 5) is 8.70. The maximum absolute atomic E-state index is 11.3. The lowest BCUT2D eigenvalue weighted by atomic mass is 10.2. The molecule has 0 aliphatic heterocycles. The fourth-order valence-corrected chi connectivity index (χ4v) is 4.17. The first-order valence-corrected chi connectivity index (χ1v) is 12.8. The average molecular weight is 504 g/mol. The van der Waals surface area contributed by atoms with Gasteiger partial charge in [-0.3, -0.25) is 0 Å². The van der Waals surface area contributed by atoms with Gasteiger partial charge < -0.3 is 14.6 Å². The number of nitrogens with two attached hydrogens (primary N) is 1. The zero-order valence-corrected chi connectivity index (χ0v) is 19.7. The van der Waals surface area contributed by atoms with Gasteiger partial charge in [-0.05, 0) is 48.5 Å². The predicted molar refractivity (Wildman–Crippen MR) is 136 cm³/mol. The fourth-order valence-electron chi connectivity index (χ4n) is 3.41. The van der Waals surface area contributed by atoms with E-state index in [1.165, 1.54) is 12.1 Å². The summed E-state index contributed by atoms with van der Waals surface area (Å²) in [5.41, 5.74) is 10.7. The van der Waals surface area contributed by atoms with Gasteiger partial charge in [-0.15, -0.1) is 0 Å². The second-order valence-electron chi connectivity index (χ2n) is 7.56. The molecule has 4 aromatic carbocycles. The normalized spacial score (nSPS) is 11.3. The van der Waals surface area contributed by atoms with E-state index < -0.39 is 9.05 Å². The Morgan fingerprint density at radius 2 is 1.14 bits per heavy atom. The highest BCUT2D eigenvalue weighted by molar-refractivity contribution is 8.13. The summed E-state index contributed by atoms with van der Waals surface area (Å²) in [5, 5.41) is 0. The Kier molecular flexibility index (Phi) is 5.98. The monoisotopic (exact) mass is 503 g/mol. The first kappa shape index (κ1) is 22.6. The topological polar surface area (TPSA) is 112 Å². The van der Waals surface area contributed by atoms with Crippen LogP contribution in [0.3, 0.4) is 0 Å². The van der Waals surface area contributed by atoms with Crippen molar-refractivity contribution >= 4 is 47.6 Å². The van der Waals surface area contributed by atoms with Crippen molar-refractivity contribution in [3.63, 3.8) is 0 Å². The van der Waals surface area contributed by atoms with Crippen LogP contribution in [0.15, 0.2) is 111 Å². The largest absolute Gasteiger partial charge is 0.436 e. The Bertz CT molecular complexity index is 1730. The Morgan fingerprint density at radius 3 is 1.66 bits per heavy atom. The summed E-state index contributed by atoms with van der Waals surface area (Å²) in [6, 6.07) is 29.0. The van der Waals surface area contributed by atoms with Crippen LogP contribution in [0.1, 0.15) is 0 Å². The molecule has 6 aromatic rings. The molecule has 0 amide bonds. The van der Waals surface area contributed by atoms with Crippen molar-refractivity contribution in [2.75, 3.05) is 5.73 Å². The number of oxazole rings is 2. The summed E-state index contributed by atoms with van der Waals surface area (Å²) in [7, 11) is 1.53. The minimum absolute atomic E-state index is 0.00238. The van der Waals surface area contributed by atoms with Crippen molar-refractivity contribution in [3.05, 3.63) is 97.1 Å². The summed E-state index contributed by atoms with van der Waals surface area (Å²) >= 11 is 0. The number of anilines is 1. The fraction of sp³-hybridized carbons (Fsp3) is 0. The smallest absolute Gasteiger partial charge is 0.261 e. The van der Waals surface area contributed by atoms with Gasteiger partial charge in [0.1, 0.15) is 11.0 Å². The van der Waals surface area contributed by atoms with Crippen molar-refractivity contribution in [3.8, 4) is 22.9 Å². The Hall–Kier alpha value is -4.14. The first-order chi connectivity index (χ1) is 16.9. The molecule has 0 unspecified atom stereocenters. The maximum atomic E-state index is 11.3. The molecule has 0 spiro atoms. The summed E-state index contributed by atoms with van der Waals surface area (Å²) in [5.74, 6) is 1.07. The number of hydrogen-bond donors (Lipinski definition) is 1. The van der Waals surface area contributed by atoms with Gasteiger partial charge in [0.05, 0.1) is 4.90 Å². The molecule has 7 nitrogen and oxygen atoms in total. The average Bonchev–Trinajstić information content (AvgIpc) is 3.48. The van der Waals surface area contributed by atoms with E-state index in [0.29, 0.717) is 28.6 Å². The van der Waals surface area contributed by atoms with Crippen LogP contribution in [-0.4, -0.2) is 18.4 Å². The minimum Gasteiger partial charge on any atom is -0.436 e. The lowest BCUT2D eigenvalue weighted by Gasteiger charge is -1.93. The number of nitrogen functional groups attached to an aromatic ring is 1. The lowest BCUT2D eigenvalue weighted by Crippen LogP contribution is -1.88.